The second-order valence-electron chi connectivity index (χ2n) is 8.69. The number of amides is 1. The van der Waals surface area contributed by atoms with Crippen molar-refractivity contribution in [1.82, 2.24) is 19.7 Å². The topological polar surface area (TPSA) is 96.5 Å². The molecule has 8 heteroatoms. The molecule has 3 aromatic heterocycles. The van der Waals surface area contributed by atoms with Crippen molar-refractivity contribution in [3.05, 3.63) is 93.4 Å². The molecule has 0 spiro atoms. The zero-order valence-corrected chi connectivity index (χ0v) is 21.3. The van der Waals surface area contributed by atoms with E-state index in [0.29, 0.717) is 23.4 Å². The molecule has 5 rings (SSSR count). The van der Waals surface area contributed by atoms with Gasteiger partial charge >= 0.3 is 0 Å². The first-order chi connectivity index (χ1) is 17.3. The number of nitrogens with zero attached hydrogens (tertiary/aromatic N) is 5. The Morgan fingerprint density at radius 1 is 1.03 bits per heavy atom. The van der Waals surface area contributed by atoms with Crippen molar-refractivity contribution in [3.63, 3.8) is 0 Å². The lowest BCUT2D eigenvalue weighted by molar-refractivity contribution is 0.102. The number of nitrogens with one attached hydrogen (secondary N) is 1. The number of hydrogen-bond donors (Lipinski definition) is 1. The number of pyridine rings is 1. The molecule has 0 aliphatic heterocycles. The summed E-state index contributed by atoms with van der Waals surface area (Å²) in [7, 11) is 0. The van der Waals surface area contributed by atoms with Crippen LogP contribution in [0.15, 0.2) is 54.6 Å². The number of aromatic nitrogens is 4. The molecule has 0 unspecified atom stereocenters. The summed E-state index contributed by atoms with van der Waals surface area (Å²) in [4.78, 5) is 23.9. The van der Waals surface area contributed by atoms with Crippen molar-refractivity contribution in [3.8, 4) is 16.6 Å². The fourth-order valence-electron chi connectivity index (χ4n) is 4.32. The number of carbonyl (C=O) groups is 1. The van der Waals surface area contributed by atoms with Gasteiger partial charge in [0.25, 0.3) is 5.91 Å². The highest BCUT2D eigenvalue weighted by atomic mass is 32.1. The van der Waals surface area contributed by atoms with Crippen LogP contribution in [0.5, 0.6) is 0 Å². The van der Waals surface area contributed by atoms with E-state index in [1.54, 1.807) is 23.5 Å². The first-order valence-electron chi connectivity index (χ1n) is 11.5. The lowest BCUT2D eigenvalue weighted by Crippen LogP contribution is -2.14. The molecule has 5 aromatic rings. The van der Waals surface area contributed by atoms with Gasteiger partial charge in [0.15, 0.2) is 0 Å². The first-order valence-corrected chi connectivity index (χ1v) is 12.3. The number of thiazole rings is 1. The van der Waals surface area contributed by atoms with Gasteiger partial charge in [-0.1, -0.05) is 30.3 Å². The van der Waals surface area contributed by atoms with Gasteiger partial charge in [-0.2, -0.15) is 10.4 Å². The fourth-order valence-corrected chi connectivity index (χ4v) is 5.20. The van der Waals surface area contributed by atoms with E-state index < -0.39 is 0 Å². The molecule has 0 radical (unpaired) electrons. The summed E-state index contributed by atoms with van der Waals surface area (Å²) in [6, 6.07) is 19.1. The summed E-state index contributed by atoms with van der Waals surface area (Å²) in [6.45, 7) is 8.30. The maximum Gasteiger partial charge on any atom is 0.256 e. The van der Waals surface area contributed by atoms with Crippen molar-refractivity contribution >= 4 is 33.8 Å². The monoisotopic (exact) mass is 492 g/mol. The average molecular weight is 493 g/mol. The number of carbonyl (C=O) groups excluding carboxylic acids is 1. The van der Waals surface area contributed by atoms with Gasteiger partial charge in [0.05, 0.1) is 67.6 Å². The second kappa shape index (κ2) is 9.36. The molecular formula is C28H24N6OS. The minimum Gasteiger partial charge on any atom is -0.319 e. The fraction of sp³-hybridized carbons (Fsp3) is 0.179. The molecule has 0 saturated heterocycles. The van der Waals surface area contributed by atoms with Crippen molar-refractivity contribution in [1.29, 1.82) is 5.26 Å². The number of nitriles is 1. The lowest BCUT2D eigenvalue weighted by Gasteiger charge is -2.11. The van der Waals surface area contributed by atoms with E-state index in [1.807, 2.05) is 74.8 Å². The molecule has 0 atom stereocenters. The molecule has 7 nitrogen and oxygen atoms in total. The smallest absolute Gasteiger partial charge is 0.256 e. The van der Waals surface area contributed by atoms with E-state index in [2.05, 4.69) is 21.5 Å². The van der Waals surface area contributed by atoms with Gasteiger partial charge in [0.1, 0.15) is 0 Å². The number of aryl methyl sites for hydroxylation is 3. The molecule has 0 aliphatic rings. The quantitative estimate of drug-likeness (QED) is 0.326. The molecule has 0 aliphatic carbocycles. The summed E-state index contributed by atoms with van der Waals surface area (Å²) in [5.74, 6) is -0.210. The van der Waals surface area contributed by atoms with E-state index in [-0.39, 0.29) is 5.91 Å². The summed E-state index contributed by atoms with van der Waals surface area (Å²) >= 11 is 1.58. The lowest BCUT2D eigenvalue weighted by atomic mass is 10.1. The van der Waals surface area contributed by atoms with E-state index in [0.717, 1.165) is 49.1 Å². The van der Waals surface area contributed by atoms with Crippen molar-refractivity contribution in [2.75, 3.05) is 5.32 Å². The predicted octanol–water partition coefficient (Wildman–Crippen LogP) is 5.96. The molecule has 0 fully saturated rings. The normalized spacial score (nSPS) is 11.0. The van der Waals surface area contributed by atoms with Crippen LogP contribution in [0.25, 0.3) is 21.5 Å². The maximum absolute atomic E-state index is 13.6. The first kappa shape index (κ1) is 23.4. The molecule has 2 aromatic carbocycles. The number of fused-ring (bicyclic) bond motifs is 1. The van der Waals surface area contributed by atoms with Crippen molar-refractivity contribution in [2.45, 2.75) is 34.2 Å². The van der Waals surface area contributed by atoms with Gasteiger partial charge in [-0.3, -0.25) is 9.48 Å². The highest BCUT2D eigenvalue weighted by Gasteiger charge is 2.20. The van der Waals surface area contributed by atoms with Crippen LogP contribution >= 0.6 is 11.3 Å². The Morgan fingerprint density at radius 3 is 2.47 bits per heavy atom. The van der Waals surface area contributed by atoms with Gasteiger partial charge in [0, 0.05) is 5.39 Å². The van der Waals surface area contributed by atoms with E-state index in [1.165, 1.54) is 0 Å². The Labute approximate surface area is 213 Å². The molecule has 1 amide bonds. The van der Waals surface area contributed by atoms with Gasteiger partial charge in [-0.15, -0.1) is 11.3 Å². The zero-order valence-electron chi connectivity index (χ0n) is 20.5. The number of benzene rings is 2. The minimum absolute atomic E-state index is 0.210. The maximum atomic E-state index is 13.6. The summed E-state index contributed by atoms with van der Waals surface area (Å²) in [5.41, 5.74) is 6.90. The molecule has 178 valence electrons. The molecule has 1 N–H and O–H groups in total. The van der Waals surface area contributed by atoms with E-state index in [9.17, 15) is 4.79 Å². The average Bonchev–Trinajstić information content (AvgIpc) is 3.35. The zero-order chi connectivity index (χ0) is 25.4. The number of anilines is 1. The minimum atomic E-state index is -0.210. The molecular weight excluding hydrogens is 468 g/mol. The molecule has 0 saturated carbocycles. The number of rotatable bonds is 5. The van der Waals surface area contributed by atoms with Crippen LogP contribution < -0.4 is 5.32 Å². The Morgan fingerprint density at radius 2 is 1.78 bits per heavy atom. The van der Waals surface area contributed by atoms with Crippen LogP contribution in [0.2, 0.25) is 0 Å². The highest BCUT2D eigenvalue weighted by Crippen LogP contribution is 2.32. The molecule has 3 heterocycles. The standard InChI is InChI=1S/C28H24N6OS/c1-16-26(18(3)34(33-16)15-21-11-9-20(14-29)10-12-21)32-28(35)23-13-25(27-17(2)30-19(4)36-27)31-24-8-6-5-7-22(23)24/h5-13H,15H2,1-4H3,(H,32,35). The molecule has 0 bridgehead atoms. The SMILES string of the molecule is Cc1nc(C)c(-c2cc(C(=O)Nc3c(C)nn(Cc4ccc(C#N)cc4)c3C)c3ccccc3n2)s1. The van der Waals surface area contributed by atoms with Gasteiger partial charge in [-0.25, -0.2) is 9.97 Å². The van der Waals surface area contributed by atoms with Crippen LogP contribution in [-0.4, -0.2) is 25.7 Å². The number of para-hydroxylation sites is 1. The van der Waals surface area contributed by atoms with Gasteiger partial charge in [-0.05, 0) is 57.5 Å². The summed E-state index contributed by atoms with van der Waals surface area (Å²) < 4.78 is 1.87. The third kappa shape index (κ3) is 4.37. The van der Waals surface area contributed by atoms with Crippen LogP contribution in [0.4, 0.5) is 5.69 Å². The van der Waals surface area contributed by atoms with Crippen LogP contribution in [0.1, 0.15) is 43.6 Å². The third-order valence-corrected chi connectivity index (χ3v) is 7.23. The van der Waals surface area contributed by atoms with Crippen molar-refractivity contribution in [2.24, 2.45) is 0 Å². The van der Waals surface area contributed by atoms with E-state index >= 15 is 0 Å². The Kier molecular flexibility index (Phi) is 6.08. The molecule has 36 heavy (non-hydrogen) atoms. The van der Waals surface area contributed by atoms with Gasteiger partial charge < -0.3 is 5.32 Å². The summed E-state index contributed by atoms with van der Waals surface area (Å²) in [6.07, 6.45) is 0. The third-order valence-electron chi connectivity index (χ3n) is 6.13. The van der Waals surface area contributed by atoms with Crippen LogP contribution in [0, 0.1) is 39.0 Å². The van der Waals surface area contributed by atoms with Crippen molar-refractivity contribution < 1.29 is 4.79 Å². The van der Waals surface area contributed by atoms with Crippen LogP contribution in [0.3, 0.4) is 0 Å². The number of hydrogen-bond acceptors (Lipinski definition) is 6. The Hall–Kier alpha value is -4.35. The Bertz CT molecular complexity index is 1660. The second-order valence-corrected chi connectivity index (χ2v) is 9.89. The Balaban J connectivity index is 1.49. The predicted molar refractivity (Wildman–Crippen MR) is 142 cm³/mol. The highest BCUT2D eigenvalue weighted by molar-refractivity contribution is 7.15. The van der Waals surface area contributed by atoms with Crippen LogP contribution in [-0.2, 0) is 6.54 Å². The summed E-state index contributed by atoms with van der Waals surface area (Å²) in [5, 5.41) is 18.5. The van der Waals surface area contributed by atoms with E-state index in [4.69, 9.17) is 10.2 Å². The largest absolute Gasteiger partial charge is 0.319 e. The van der Waals surface area contributed by atoms with Gasteiger partial charge in [0.2, 0.25) is 0 Å².